The molecule has 0 atom stereocenters. The van der Waals surface area contributed by atoms with Crippen molar-refractivity contribution in [1.82, 2.24) is 24.9 Å². The number of nitrogens with two attached hydrogens (primary N) is 1. The number of nitrogens with one attached hydrogen (secondary N) is 2. The molecule has 0 saturated heterocycles. The van der Waals surface area contributed by atoms with Gasteiger partial charge in [-0.1, -0.05) is 10.3 Å². The molecule has 2 aromatic rings. The van der Waals surface area contributed by atoms with E-state index in [0.717, 1.165) is 0 Å². The van der Waals surface area contributed by atoms with E-state index in [2.05, 4.69) is 30.3 Å². The van der Waals surface area contributed by atoms with Crippen molar-refractivity contribution < 1.29 is 0 Å². The summed E-state index contributed by atoms with van der Waals surface area (Å²) in [7, 11) is 0. The lowest BCUT2D eigenvalue weighted by molar-refractivity contribution is 0.303. The summed E-state index contributed by atoms with van der Waals surface area (Å²) in [5.41, 5.74) is 5.38. The van der Waals surface area contributed by atoms with Crippen LogP contribution in [-0.4, -0.2) is 49.8 Å². The van der Waals surface area contributed by atoms with Crippen LogP contribution in [0.3, 0.4) is 0 Å². The molecule has 0 unspecified atom stereocenters. The second kappa shape index (κ2) is 6.53. The molecule has 4 N–H and O–H groups in total. The van der Waals surface area contributed by atoms with Crippen LogP contribution in [-0.2, 0) is 0 Å². The third-order valence-corrected chi connectivity index (χ3v) is 2.66. The van der Waals surface area contributed by atoms with Crippen LogP contribution >= 0.6 is 23.2 Å². The molecule has 0 aliphatic rings. The Morgan fingerprint density at radius 2 is 1.90 bits per heavy atom. The average molecular weight is 319 g/mol. The fraction of sp³-hybridized carbons (Fsp3) is 0.444. The first kappa shape index (κ1) is 14.5. The van der Waals surface area contributed by atoms with E-state index in [1.165, 1.54) is 0 Å². The lowest BCUT2D eigenvalue weighted by atomic mass is 10.5. The minimum atomic E-state index is -0.417. The zero-order valence-corrected chi connectivity index (χ0v) is 11.8. The Labute approximate surface area is 123 Å². The number of hydrogen-bond acceptors (Lipinski definition) is 6. The van der Waals surface area contributed by atoms with Crippen LogP contribution in [0, 0.1) is 0 Å². The van der Waals surface area contributed by atoms with Crippen LogP contribution in [0.15, 0.2) is 15.1 Å². The van der Waals surface area contributed by atoms with Gasteiger partial charge in [0.25, 0.3) is 11.5 Å². The summed E-state index contributed by atoms with van der Waals surface area (Å²) in [6.07, 6.45) is 0. The number of alkyl halides is 2. The van der Waals surface area contributed by atoms with Gasteiger partial charge in [0, 0.05) is 11.8 Å². The minimum Gasteiger partial charge on any atom is -0.369 e. The largest absolute Gasteiger partial charge is 0.369 e. The van der Waals surface area contributed by atoms with Crippen LogP contribution in [0.2, 0.25) is 0 Å². The van der Waals surface area contributed by atoms with E-state index >= 15 is 0 Å². The molecule has 0 aliphatic carbocycles. The molecule has 11 heteroatoms. The number of aromatic amines is 2. The zero-order chi connectivity index (χ0) is 14.5. The smallest absolute Gasteiger partial charge is 0.278 e. The lowest BCUT2D eigenvalue weighted by Gasteiger charge is -2.13. The fourth-order valence-corrected chi connectivity index (χ4v) is 1.85. The first-order valence-electron chi connectivity index (χ1n) is 5.68. The molecule has 2 aromatic heterocycles. The maximum absolute atomic E-state index is 11.6. The predicted octanol–water partition coefficient (Wildman–Crippen LogP) is 1.01. The van der Waals surface area contributed by atoms with Crippen molar-refractivity contribution in [3.8, 4) is 0 Å². The Morgan fingerprint density at radius 1 is 1.20 bits per heavy atom. The maximum Gasteiger partial charge on any atom is 0.278 e. The van der Waals surface area contributed by atoms with Gasteiger partial charge in [-0.25, -0.2) is 0 Å². The number of nitrogen functional groups attached to an aromatic ring is 1. The molecule has 0 saturated carbocycles. The number of rotatable bonds is 6. The number of halogens is 2. The van der Waals surface area contributed by atoms with E-state index in [1.807, 2.05) is 0 Å². The molecular formula is C9H12Cl2N8O. The van der Waals surface area contributed by atoms with Crippen LogP contribution in [0.4, 0.5) is 11.9 Å². The second-order valence-electron chi connectivity index (χ2n) is 3.73. The Balaban J connectivity index is 2.25. The van der Waals surface area contributed by atoms with Crippen molar-refractivity contribution in [2.75, 3.05) is 30.6 Å². The summed E-state index contributed by atoms with van der Waals surface area (Å²) in [6, 6.07) is 0. The van der Waals surface area contributed by atoms with Gasteiger partial charge in [-0.15, -0.1) is 23.2 Å². The summed E-state index contributed by atoms with van der Waals surface area (Å²) < 4.78 is 0. The van der Waals surface area contributed by atoms with Crippen LogP contribution in [0.5, 0.6) is 0 Å². The first-order valence-corrected chi connectivity index (χ1v) is 6.75. The highest BCUT2D eigenvalue weighted by Gasteiger charge is 2.08. The molecule has 0 bridgehead atoms. The number of aromatic nitrogens is 4. The minimum absolute atomic E-state index is 0.0107. The van der Waals surface area contributed by atoms with Gasteiger partial charge in [0.2, 0.25) is 5.95 Å². The van der Waals surface area contributed by atoms with Gasteiger partial charge in [-0.3, -0.25) is 14.8 Å². The van der Waals surface area contributed by atoms with Crippen LogP contribution in [0.1, 0.15) is 0 Å². The second-order valence-corrected chi connectivity index (χ2v) is 4.49. The van der Waals surface area contributed by atoms with Gasteiger partial charge in [0.05, 0.1) is 13.1 Å². The molecule has 0 aliphatic heterocycles. The van der Waals surface area contributed by atoms with E-state index < -0.39 is 5.56 Å². The normalized spacial score (nSPS) is 11.5. The number of H-pyrrole nitrogens is 2. The summed E-state index contributed by atoms with van der Waals surface area (Å²) in [5, 5.41) is 9.43. The summed E-state index contributed by atoms with van der Waals surface area (Å²) in [6.45, 7) is 1.01. The molecule has 0 amide bonds. The van der Waals surface area contributed by atoms with Crippen molar-refractivity contribution >= 4 is 46.3 Å². The summed E-state index contributed by atoms with van der Waals surface area (Å²) >= 11 is 11.3. The van der Waals surface area contributed by atoms with Crippen molar-refractivity contribution in [2.24, 2.45) is 10.3 Å². The van der Waals surface area contributed by atoms with E-state index in [-0.39, 0.29) is 23.1 Å². The molecule has 108 valence electrons. The van der Waals surface area contributed by atoms with E-state index in [0.29, 0.717) is 24.8 Å². The topological polar surface area (TPSA) is 128 Å². The standard InChI is InChI=1S/C9H12Cl2N8O/c10-1-3-19(4-2-11)18-17-9-13-5-6(15-9)14-8(12)16-7(5)20/h1-4H2,(H4,12,13,14,15,16,20)/b18-17-. The number of nitrogens with zero attached hydrogens (tertiary/aromatic N) is 5. The van der Waals surface area contributed by atoms with Crippen LogP contribution in [0.25, 0.3) is 11.2 Å². The summed E-state index contributed by atoms with van der Waals surface area (Å²) in [5.74, 6) is 0.933. The predicted molar refractivity (Wildman–Crippen MR) is 76.5 cm³/mol. The third kappa shape index (κ3) is 3.36. The molecule has 2 heterocycles. The molecule has 9 nitrogen and oxygen atoms in total. The molecule has 0 aromatic carbocycles. The number of fused-ring (bicyclic) bond motifs is 1. The Kier molecular flexibility index (Phi) is 4.74. The fourth-order valence-electron chi connectivity index (χ4n) is 1.46. The first-order chi connectivity index (χ1) is 9.63. The molecular weight excluding hydrogens is 307 g/mol. The molecule has 0 radical (unpaired) electrons. The SMILES string of the molecule is Nc1nc2nc(/N=N\N(CCCl)CCCl)[nH]c2c(=O)[nH]1. The van der Waals surface area contributed by atoms with Crippen molar-refractivity contribution in [1.29, 1.82) is 0 Å². The van der Waals surface area contributed by atoms with Gasteiger partial charge in [-0.2, -0.15) is 9.97 Å². The maximum atomic E-state index is 11.6. The highest BCUT2D eigenvalue weighted by molar-refractivity contribution is 6.18. The highest BCUT2D eigenvalue weighted by Crippen LogP contribution is 2.12. The van der Waals surface area contributed by atoms with E-state index in [4.69, 9.17) is 28.9 Å². The Bertz CT molecular complexity index is 660. The molecule has 0 fully saturated rings. The van der Waals surface area contributed by atoms with Gasteiger partial charge in [0.15, 0.2) is 11.2 Å². The van der Waals surface area contributed by atoms with Crippen molar-refractivity contribution in [3.63, 3.8) is 0 Å². The Hall–Kier alpha value is -1.87. The molecule has 0 spiro atoms. The van der Waals surface area contributed by atoms with E-state index in [1.54, 1.807) is 5.01 Å². The van der Waals surface area contributed by atoms with Gasteiger partial charge in [-0.05, 0) is 0 Å². The van der Waals surface area contributed by atoms with E-state index in [9.17, 15) is 4.79 Å². The molecule has 20 heavy (non-hydrogen) atoms. The van der Waals surface area contributed by atoms with Gasteiger partial charge in [0.1, 0.15) is 0 Å². The van der Waals surface area contributed by atoms with Crippen molar-refractivity contribution in [2.45, 2.75) is 0 Å². The number of anilines is 1. The molecule has 2 rings (SSSR count). The number of hydrogen-bond donors (Lipinski definition) is 3. The zero-order valence-electron chi connectivity index (χ0n) is 10.3. The quantitative estimate of drug-likeness (QED) is 0.416. The van der Waals surface area contributed by atoms with Crippen LogP contribution < -0.4 is 11.3 Å². The lowest BCUT2D eigenvalue weighted by Crippen LogP contribution is -2.21. The monoisotopic (exact) mass is 318 g/mol. The Morgan fingerprint density at radius 3 is 2.55 bits per heavy atom. The highest BCUT2D eigenvalue weighted by atomic mass is 35.5. The summed E-state index contributed by atoms with van der Waals surface area (Å²) in [4.78, 5) is 24.5. The average Bonchev–Trinajstić information content (AvgIpc) is 2.79. The number of imidazole rings is 1. The van der Waals surface area contributed by atoms with Gasteiger partial charge >= 0.3 is 0 Å². The van der Waals surface area contributed by atoms with Crippen molar-refractivity contribution in [3.05, 3.63) is 10.4 Å². The van der Waals surface area contributed by atoms with Gasteiger partial charge < -0.3 is 10.7 Å². The third-order valence-electron chi connectivity index (χ3n) is 2.32.